The van der Waals surface area contributed by atoms with Crippen LogP contribution in [0.5, 0.6) is 0 Å². The number of rotatable bonds is 1. The van der Waals surface area contributed by atoms with Crippen LogP contribution >= 0.6 is 23.2 Å². The van der Waals surface area contributed by atoms with Crippen LogP contribution in [0.15, 0.2) is 12.3 Å². The molecule has 0 aliphatic carbocycles. The van der Waals surface area contributed by atoms with E-state index < -0.39 is 10.7 Å². The van der Waals surface area contributed by atoms with Crippen molar-refractivity contribution in [3.8, 4) is 0 Å². The van der Waals surface area contributed by atoms with Crippen molar-refractivity contribution >= 4 is 39.8 Å². The molecule has 0 aliphatic heterocycles. The second kappa shape index (κ2) is 4.09. The Kier molecular flexibility index (Phi) is 2.89. The molecule has 0 spiro atoms. The van der Waals surface area contributed by atoms with Gasteiger partial charge in [-0.25, -0.2) is 9.37 Å². The average Bonchev–Trinajstić information content (AvgIpc) is 2.25. The number of nitrogens with zero attached hydrogens (tertiary/aromatic N) is 2. The summed E-state index contributed by atoms with van der Waals surface area (Å²) in [5.74, 6) is -0.577. The Balaban J connectivity index is 2.98. The lowest BCUT2D eigenvalue weighted by Crippen LogP contribution is -1.95. The minimum Gasteiger partial charge on any atom is -0.258 e. The van der Waals surface area contributed by atoms with Crippen molar-refractivity contribution in [3.63, 3.8) is 0 Å². The number of benzene rings is 1. The number of aryl methyl sites for hydroxylation is 1. The molecule has 0 saturated carbocycles. The van der Waals surface area contributed by atoms with Crippen molar-refractivity contribution in [1.82, 2.24) is 4.98 Å². The fraction of sp³-hybridized carbons (Fsp3) is 0.100. The van der Waals surface area contributed by atoms with E-state index in [1.54, 1.807) is 0 Å². The molecule has 0 bridgehead atoms. The molecule has 2 aromatic rings. The first-order valence-corrected chi connectivity index (χ1v) is 5.26. The molecule has 0 atom stereocenters. The van der Waals surface area contributed by atoms with Gasteiger partial charge in [0.25, 0.3) is 0 Å². The third-order valence-corrected chi connectivity index (χ3v) is 3.08. The molecular formula is C10H5Cl2FN2O2. The first kappa shape index (κ1) is 12.0. The highest BCUT2D eigenvalue weighted by atomic mass is 35.5. The molecule has 1 aromatic carbocycles. The minimum absolute atomic E-state index is 0.0693. The predicted molar refractivity (Wildman–Crippen MR) is 63.1 cm³/mol. The first-order valence-electron chi connectivity index (χ1n) is 4.50. The van der Waals surface area contributed by atoms with Crippen LogP contribution in [0, 0.1) is 22.9 Å². The van der Waals surface area contributed by atoms with Gasteiger partial charge in [0.05, 0.1) is 15.5 Å². The standard InChI is InChI=1S/C10H5Cl2FN2O2/c1-4-6(13)2-5(11)10-8(4)9(12)7(3-14-10)15(16)17/h2-3H,1H3. The van der Waals surface area contributed by atoms with E-state index in [4.69, 9.17) is 23.2 Å². The van der Waals surface area contributed by atoms with E-state index in [2.05, 4.69) is 4.98 Å². The Morgan fingerprint density at radius 1 is 1.47 bits per heavy atom. The maximum atomic E-state index is 13.5. The molecule has 0 saturated heterocycles. The van der Waals surface area contributed by atoms with E-state index in [1.165, 1.54) is 6.92 Å². The van der Waals surface area contributed by atoms with Crippen molar-refractivity contribution < 1.29 is 9.31 Å². The molecule has 17 heavy (non-hydrogen) atoms. The summed E-state index contributed by atoms with van der Waals surface area (Å²) in [6.45, 7) is 1.46. The first-order chi connectivity index (χ1) is 7.93. The van der Waals surface area contributed by atoms with E-state index in [1.807, 2.05) is 0 Å². The Bertz CT molecular complexity index is 646. The molecule has 0 fully saturated rings. The van der Waals surface area contributed by atoms with Crippen molar-refractivity contribution in [3.05, 3.63) is 43.8 Å². The molecule has 0 radical (unpaired) electrons. The van der Waals surface area contributed by atoms with Crippen LogP contribution in [0.3, 0.4) is 0 Å². The molecule has 88 valence electrons. The van der Waals surface area contributed by atoms with Gasteiger partial charge >= 0.3 is 5.69 Å². The van der Waals surface area contributed by atoms with Gasteiger partial charge in [-0.05, 0) is 18.6 Å². The second-order valence-corrected chi connectivity index (χ2v) is 4.19. The fourth-order valence-corrected chi connectivity index (χ4v) is 2.12. The summed E-state index contributed by atoms with van der Waals surface area (Å²) in [7, 11) is 0. The summed E-state index contributed by atoms with van der Waals surface area (Å²) in [5.41, 5.74) is 0.0655. The predicted octanol–water partition coefficient (Wildman–Crippen LogP) is 3.90. The molecule has 0 amide bonds. The lowest BCUT2D eigenvalue weighted by atomic mass is 10.1. The fourth-order valence-electron chi connectivity index (χ4n) is 1.54. The monoisotopic (exact) mass is 274 g/mol. The summed E-state index contributed by atoms with van der Waals surface area (Å²) in [5, 5.41) is 10.8. The molecular weight excluding hydrogens is 270 g/mol. The number of halogens is 3. The van der Waals surface area contributed by atoms with Gasteiger partial charge in [0.15, 0.2) is 0 Å². The number of pyridine rings is 1. The molecule has 4 nitrogen and oxygen atoms in total. The normalized spacial score (nSPS) is 10.8. The number of hydrogen-bond acceptors (Lipinski definition) is 3. The Morgan fingerprint density at radius 3 is 2.71 bits per heavy atom. The Morgan fingerprint density at radius 2 is 2.12 bits per heavy atom. The van der Waals surface area contributed by atoms with Crippen LogP contribution in [0.25, 0.3) is 10.9 Å². The highest BCUT2D eigenvalue weighted by Gasteiger charge is 2.20. The zero-order valence-corrected chi connectivity index (χ0v) is 10.0. The number of hydrogen-bond donors (Lipinski definition) is 0. The third kappa shape index (κ3) is 1.81. The van der Waals surface area contributed by atoms with E-state index in [0.29, 0.717) is 0 Å². The van der Waals surface area contributed by atoms with Gasteiger partial charge in [0, 0.05) is 5.39 Å². The maximum Gasteiger partial charge on any atom is 0.306 e. The molecule has 0 unspecified atom stereocenters. The Labute approximate surface area is 105 Å². The third-order valence-electron chi connectivity index (χ3n) is 2.41. The quantitative estimate of drug-likeness (QED) is 0.585. The van der Waals surface area contributed by atoms with Gasteiger partial charge in [-0.1, -0.05) is 23.2 Å². The highest BCUT2D eigenvalue weighted by molar-refractivity contribution is 6.40. The van der Waals surface area contributed by atoms with Gasteiger partial charge in [-0.2, -0.15) is 0 Å². The molecule has 1 aromatic heterocycles. The van der Waals surface area contributed by atoms with Gasteiger partial charge in [0.1, 0.15) is 17.0 Å². The summed E-state index contributed by atoms with van der Waals surface area (Å²) in [4.78, 5) is 13.9. The van der Waals surface area contributed by atoms with Crippen molar-refractivity contribution in [2.75, 3.05) is 0 Å². The summed E-state index contributed by atoms with van der Waals surface area (Å²) >= 11 is 11.7. The van der Waals surface area contributed by atoms with Gasteiger partial charge < -0.3 is 0 Å². The molecule has 7 heteroatoms. The van der Waals surface area contributed by atoms with Crippen LogP contribution in [0.4, 0.5) is 10.1 Å². The molecule has 2 rings (SSSR count). The van der Waals surface area contributed by atoms with Crippen LogP contribution < -0.4 is 0 Å². The average molecular weight is 275 g/mol. The van der Waals surface area contributed by atoms with E-state index in [9.17, 15) is 14.5 Å². The van der Waals surface area contributed by atoms with Gasteiger partial charge in [-0.3, -0.25) is 10.1 Å². The molecule has 0 aliphatic rings. The van der Waals surface area contributed by atoms with E-state index in [0.717, 1.165) is 12.3 Å². The number of aromatic nitrogens is 1. The van der Waals surface area contributed by atoms with Crippen molar-refractivity contribution in [2.45, 2.75) is 6.92 Å². The van der Waals surface area contributed by atoms with Crippen LogP contribution in [0.2, 0.25) is 10.0 Å². The number of nitro groups is 1. The van der Waals surface area contributed by atoms with Crippen LogP contribution in [-0.2, 0) is 0 Å². The SMILES string of the molecule is Cc1c(F)cc(Cl)c2ncc([N+](=O)[O-])c(Cl)c12. The summed E-state index contributed by atoms with van der Waals surface area (Å²) < 4.78 is 13.5. The van der Waals surface area contributed by atoms with E-state index >= 15 is 0 Å². The van der Waals surface area contributed by atoms with Crippen LogP contribution in [-0.4, -0.2) is 9.91 Å². The smallest absolute Gasteiger partial charge is 0.258 e. The summed E-state index contributed by atoms with van der Waals surface area (Å²) in [6, 6.07) is 1.11. The summed E-state index contributed by atoms with van der Waals surface area (Å²) in [6.07, 6.45) is 1.01. The zero-order chi connectivity index (χ0) is 12.7. The zero-order valence-electron chi connectivity index (χ0n) is 8.50. The maximum absolute atomic E-state index is 13.5. The highest BCUT2D eigenvalue weighted by Crippen LogP contribution is 2.36. The van der Waals surface area contributed by atoms with Crippen molar-refractivity contribution in [2.24, 2.45) is 0 Å². The van der Waals surface area contributed by atoms with Crippen LogP contribution in [0.1, 0.15) is 5.56 Å². The second-order valence-electron chi connectivity index (χ2n) is 3.40. The van der Waals surface area contributed by atoms with Crippen molar-refractivity contribution in [1.29, 1.82) is 0 Å². The lowest BCUT2D eigenvalue weighted by Gasteiger charge is -2.07. The lowest BCUT2D eigenvalue weighted by molar-refractivity contribution is -0.384. The Hall–Kier alpha value is -1.46. The molecule has 0 N–H and O–H groups in total. The number of fused-ring (bicyclic) bond motifs is 1. The minimum atomic E-state index is -0.674. The van der Waals surface area contributed by atoms with Gasteiger partial charge in [0.2, 0.25) is 0 Å². The molecule has 1 heterocycles. The van der Waals surface area contributed by atoms with E-state index in [-0.39, 0.29) is 32.2 Å². The topological polar surface area (TPSA) is 56.0 Å². The largest absolute Gasteiger partial charge is 0.306 e. The van der Waals surface area contributed by atoms with Gasteiger partial charge in [-0.15, -0.1) is 0 Å².